The van der Waals surface area contributed by atoms with E-state index in [4.69, 9.17) is 11.6 Å². The van der Waals surface area contributed by atoms with Crippen LogP contribution in [-0.2, 0) is 17.9 Å². The zero-order valence-corrected chi connectivity index (χ0v) is 15.1. The van der Waals surface area contributed by atoms with Crippen LogP contribution in [0.2, 0.25) is 5.02 Å². The standard InChI is InChI=1S/C19H17ClN4O3/c20-14-5-12(7-16(8-14)24-4-3-17(25)23-19(24)27)18(26)22-15-2-1-11-9-21-10-13(11)6-15/h1-2,5-8,21H,3-4,9-10H2,(H,22,26)(H,23,25,27). The minimum atomic E-state index is -0.522. The van der Waals surface area contributed by atoms with Crippen LogP contribution >= 0.6 is 11.6 Å². The van der Waals surface area contributed by atoms with Crippen molar-refractivity contribution in [3.63, 3.8) is 0 Å². The summed E-state index contributed by atoms with van der Waals surface area (Å²) in [6.45, 7) is 1.86. The van der Waals surface area contributed by atoms with Crippen molar-refractivity contribution in [2.45, 2.75) is 19.5 Å². The second kappa shape index (κ2) is 7.02. The molecule has 27 heavy (non-hydrogen) atoms. The highest BCUT2D eigenvalue weighted by molar-refractivity contribution is 6.31. The number of urea groups is 1. The minimum absolute atomic E-state index is 0.197. The first-order chi connectivity index (χ1) is 13.0. The average molecular weight is 385 g/mol. The predicted molar refractivity (Wildman–Crippen MR) is 102 cm³/mol. The number of benzene rings is 2. The lowest BCUT2D eigenvalue weighted by Crippen LogP contribution is -2.49. The molecule has 8 heteroatoms. The molecule has 2 heterocycles. The summed E-state index contributed by atoms with van der Waals surface area (Å²) in [5, 5.41) is 8.72. The molecular weight excluding hydrogens is 368 g/mol. The van der Waals surface area contributed by atoms with Crippen LogP contribution in [0.1, 0.15) is 27.9 Å². The van der Waals surface area contributed by atoms with E-state index in [2.05, 4.69) is 16.0 Å². The van der Waals surface area contributed by atoms with Crippen molar-refractivity contribution in [2.75, 3.05) is 16.8 Å². The summed E-state index contributed by atoms with van der Waals surface area (Å²) in [6, 6.07) is 10.00. The molecule has 0 aliphatic carbocycles. The number of rotatable bonds is 3. The second-order valence-corrected chi connectivity index (χ2v) is 6.93. The van der Waals surface area contributed by atoms with Crippen molar-refractivity contribution in [1.29, 1.82) is 0 Å². The van der Waals surface area contributed by atoms with E-state index in [1.165, 1.54) is 10.5 Å². The fourth-order valence-corrected chi connectivity index (χ4v) is 3.48. The Bertz CT molecular complexity index is 960. The van der Waals surface area contributed by atoms with E-state index in [0.29, 0.717) is 22.0 Å². The van der Waals surface area contributed by atoms with Crippen molar-refractivity contribution in [1.82, 2.24) is 10.6 Å². The predicted octanol–water partition coefficient (Wildman–Crippen LogP) is 2.64. The molecule has 0 radical (unpaired) electrons. The Morgan fingerprint density at radius 1 is 1.07 bits per heavy atom. The smallest absolute Gasteiger partial charge is 0.322 e. The van der Waals surface area contributed by atoms with Crippen molar-refractivity contribution in [3.05, 3.63) is 58.1 Å². The van der Waals surface area contributed by atoms with E-state index in [-0.39, 0.29) is 24.8 Å². The van der Waals surface area contributed by atoms with Crippen LogP contribution in [0.15, 0.2) is 36.4 Å². The van der Waals surface area contributed by atoms with Crippen LogP contribution in [0.5, 0.6) is 0 Å². The highest BCUT2D eigenvalue weighted by Crippen LogP contribution is 2.25. The van der Waals surface area contributed by atoms with Gasteiger partial charge in [-0.2, -0.15) is 0 Å². The summed E-state index contributed by atoms with van der Waals surface area (Å²) in [6.07, 6.45) is 0.197. The highest BCUT2D eigenvalue weighted by atomic mass is 35.5. The molecule has 2 aliphatic heterocycles. The van der Waals surface area contributed by atoms with E-state index < -0.39 is 6.03 Å². The lowest BCUT2D eigenvalue weighted by Gasteiger charge is -2.27. The second-order valence-electron chi connectivity index (χ2n) is 6.49. The Morgan fingerprint density at radius 3 is 2.70 bits per heavy atom. The molecule has 0 atom stereocenters. The van der Waals surface area contributed by atoms with Gasteiger partial charge in [0, 0.05) is 48.0 Å². The van der Waals surface area contributed by atoms with Crippen molar-refractivity contribution in [2.24, 2.45) is 0 Å². The van der Waals surface area contributed by atoms with Crippen molar-refractivity contribution < 1.29 is 14.4 Å². The van der Waals surface area contributed by atoms with Gasteiger partial charge in [-0.05, 0) is 41.5 Å². The molecule has 0 aromatic heterocycles. The first-order valence-electron chi connectivity index (χ1n) is 8.55. The molecule has 1 saturated heterocycles. The number of carbonyl (C=O) groups is 3. The maximum absolute atomic E-state index is 12.7. The van der Waals surface area contributed by atoms with Gasteiger partial charge in [0.15, 0.2) is 0 Å². The zero-order valence-electron chi connectivity index (χ0n) is 14.3. The van der Waals surface area contributed by atoms with Gasteiger partial charge in [0.25, 0.3) is 5.91 Å². The molecule has 0 saturated carbocycles. The Hall–Kier alpha value is -2.90. The van der Waals surface area contributed by atoms with Gasteiger partial charge in [-0.1, -0.05) is 17.7 Å². The first kappa shape index (κ1) is 17.5. The number of hydrogen-bond acceptors (Lipinski definition) is 4. The summed E-state index contributed by atoms with van der Waals surface area (Å²) in [4.78, 5) is 37.4. The van der Waals surface area contributed by atoms with Crippen LogP contribution in [0.3, 0.4) is 0 Å². The van der Waals surface area contributed by atoms with E-state index in [1.54, 1.807) is 18.2 Å². The molecule has 2 aromatic rings. The molecule has 7 nitrogen and oxygen atoms in total. The van der Waals surface area contributed by atoms with Gasteiger partial charge < -0.3 is 10.6 Å². The normalized spacial score (nSPS) is 16.1. The largest absolute Gasteiger partial charge is 0.328 e. The average Bonchev–Trinajstić information content (AvgIpc) is 3.09. The van der Waals surface area contributed by atoms with Crippen molar-refractivity contribution >= 4 is 40.8 Å². The lowest BCUT2D eigenvalue weighted by molar-refractivity contribution is -0.120. The molecule has 2 aliphatic rings. The molecule has 0 bridgehead atoms. The summed E-state index contributed by atoms with van der Waals surface area (Å²) in [5.74, 6) is -0.638. The van der Waals surface area contributed by atoms with Crippen LogP contribution in [0, 0.1) is 0 Å². The van der Waals surface area contributed by atoms with Crippen LogP contribution in [0.25, 0.3) is 0 Å². The summed E-state index contributed by atoms with van der Waals surface area (Å²) in [5.41, 5.74) is 3.89. The SMILES string of the molecule is O=C1CCN(c2cc(Cl)cc(C(=O)Nc3ccc4c(c3)CNC4)c2)C(=O)N1. The number of carbonyl (C=O) groups excluding carboxylic acids is 3. The third-order valence-electron chi connectivity index (χ3n) is 4.61. The summed E-state index contributed by atoms with van der Waals surface area (Å²) < 4.78 is 0. The van der Waals surface area contributed by atoms with E-state index >= 15 is 0 Å². The van der Waals surface area contributed by atoms with Crippen LogP contribution in [-0.4, -0.2) is 24.4 Å². The van der Waals surface area contributed by atoms with E-state index in [0.717, 1.165) is 18.7 Å². The molecule has 4 rings (SSSR count). The lowest BCUT2D eigenvalue weighted by atomic mass is 10.1. The van der Waals surface area contributed by atoms with E-state index in [1.807, 2.05) is 18.2 Å². The topological polar surface area (TPSA) is 90.5 Å². The van der Waals surface area contributed by atoms with Crippen molar-refractivity contribution in [3.8, 4) is 0 Å². The number of hydrogen-bond donors (Lipinski definition) is 3. The molecule has 4 amide bonds. The Morgan fingerprint density at radius 2 is 1.89 bits per heavy atom. The van der Waals surface area contributed by atoms with E-state index in [9.17, 15) is 14.4 Å². The van der Waals surface area contributed by atoms with Gasteiger partial charge in [0.2, 0.25) is 5.91 Å². The fourth-order valence-electron chi connectivity index (χ4n) is 3.25. The maximum Gasteiger partial charge on any atom is 0.328 e. The zero-order chi connectivity index (χ0) is 19.0. The molecule has 3 N–H and O–H groups in total. The summed E-state index contributed by atoms with van der Waals surface area (Å²) in [7, 11) is 0. The molecular formula is C19H17ClN4O3. The van der Waals surface area contributed by atoms with Gasteiger partial charge in [-0.3, -0.25) is 19.8 Å². The third-order valence-corrected chi connectivity index (χ3v) is 4.82. The first-order valence-corrected chi connectivity index (χ1v) is 8.93. The quantitative estimate of drug-likeness (QED) is 0.758. The number of amides is 4. The van der Waals surface area contributed by atoms with Gasteiger partial charge in [0.05, 0.1) is 0 Å². The Balaban J connectivity index is 1.56. The van der Waals surface area contributed by atoms with Gasteiger partial charge >= 0.3 is 6.03 Å². The molecule has 138 valence electrons. The molecule has 0 spiro atoms. The Kier molecular flexibility index (Phi) is 4.55. The fraction of sp³-hybridized carbons (Fsp3) is 0.211. The highest BCUT2D eigenvalue weighted by Gasteiger charge is 2.25. The number of halogens is 1. The van der Waals surface area contributed by atoms with Crippen LogP contribution in [0.4, 0.5) is 16.2 Å². The third kappa shape index (κ3) is 3.65. The monoisotopic (exact) mass is 384 g/mol. The Labute approximate surface area is 160 Å². The number of anilines is 2. The van der Waals surface area contributed by atoms with Gasteiger partial charge in [-0.15, -0.1) is 0 Å². The molecule has 0 unspecified atom stereocenters. The van der Waals surface area contributed by atoms with Gasteiger partial charge in [-0.25, -0.2) is 4.79 Å². The maximum atomic E-state index is 12.7. The number of nitrogens with zero attached hydrogens (tertiary/aromatic N) is 1. The summed E-state index contributed by atoms with van der Waals surface area (Å²) >= 11 is 6.16. The number of fused-ring (bicyclic) bond motifs is 1. The number of imide groups is 1. The van der Waals surface area contributed by atoms with Gasteiger partial charge in [0.1, 0.15) is 0 Å². The minimum Gasteiger partial charge on any atom is -0.322 e. The molecule has 2 aromatic carbocycles. The molecule has 1 fully saturated rings. The number of nitrogens with one attached hydrogen (secondary N) is 3. The van der Waals surface area contributed by atoms with Crippen LogP contribution < -0.4 is 20.9 Å².